The van der Waals surface area contributed by atoms with Crippen LogP contribution in [0.15, 0.2) is 0 Å². The summed E-state index contributed by atoms with van der Waals surface area (Å²) in [7, 11) is 0. The van der Waals surface area contributed by atoms with Gasteiger partial charge in [0.15, 0.2) is 0 Å². The van der Waals surface area contributed by atoms with Crippen LogP contribution in [0.25, 0.3) is 0 Å². The predicted octanol–water partition coefficient (Wildman–Crippen LogP) is 8.89. The number of unbranched alkanes of at least 4 members (excludes halogenated alkanes) is 16. The highest BCUT2D eigenvalue weighted by atomic mass is 14.0. The van der Waals surface area contributed by atoms with Gasteiger partial charge in [-0.15, -0.1) is 0 Å². The molecule has 0 aromatic carbocycles. The monoisotopic (exact) mass is 323 g/mol. The predicted molar refractivity (Wildman–Crippen MR) is 108 cm³/mol. The van der Waals surface area contributed by atoms with Crippen LogP contribution in [0.2, 0.25) is 0 Å². The first-order chi connectivity index (χ1) is 11.3. The molecule has 1 atom stereocenters. The van der Waals surface area contributed by atoms with E-state index in [1.165, 1.54) is 116 Å². The molecule has 0 saturated carbocycles. The second-order valence-corrected chi connectivity index (χ2v) is 7.84. The van der Waals surface area contributed by atoms with Crippen molar-refractivity contribution in [1.82, 2.24) is 0 Å². The molecule has 23 heavy (non-hydrogen) atoms. The van der Waals surface area contributed by atoms with Crippen molar-refractivity contribution in [2.75, 3.05) is 0 Å². The topological polar surface area (TPSA) is 0 Å². The van der Waals surface area contributed by atoms with Crippen molar-refractivity contribution in [3.05, 3.63) is 6.92 Å². The molecule has 0 aliphatic rings. The summed E-state index contributed by atoms with van der Waals surface area (Å²) >= 11 is 0. The standard InChI is InChI=1S/C23H47/c1-4-6-7-8-9-10-11-12-13-14-15-16-17-18-19-20-21-22-23(3)5-2/h23H,2,4-22H2,1,3H3. The molecule has 0 N–H and O–H groups in total. The van der Waals surface area contributed by atoms with Gasteiger partial charge in [-0.1, -0.05) is 143 Å². The van der Waals surface area contributed by atoms with Crippen LogP contribution in [-0.2, 0) is 0 Å². The lowest BCUT2D eigenvalue weighted by atomic mass is 9.99. The molecule has 0 heterocycles. The van der Waals surface area contributed by atoms with Gasteiger partial charge in [-0.25, -0.2) is 0 Å². The lowest BCUT2D eigenvalue weighted by Gasteiger charge is -2.07. The van der Waals surface area contributed by atoms with Crippen LogP contribution in [0.5, 0.6) is 0 Å². The molecule has 0 bridgehead atoms. The Morgan fingerprint density at radius 1 is 0.522 bits per heavy atom. The summed E-state index contributed by atoms with van der Waals surface area (Å²) < 4.78 is 0. The maximum atomic E-state index is 3.98. The molecular formula is C23H47. The minimum Gasteiger partial charge on any atom is -0.0654 e. The van der Waals surface area contributed by atoms with Gasteiger partial charge >= 0.3 is 0 Å². The first kappa shape index (κ1) is 23.0. The molecule has 0 amide bonds. The molecule has 0 saturated heterocycles. The van der Waals surface area contributed by atoms with Crippen molar-refractivity contribution in [3.8, 4) is 0 Å². The van der Waals surface area contributed by atoms with Crippen molar-refractivity contribution in [2.24, 2.45) is 5.92 Å². The maximum Gasteiger partial charge on any atom is -0.0443 e. The maximum absolute atomic E-state index is 3.98. The number of hydrogen-bond donors (Lipinski definition) is 0. The molecule has 0 aliphatic carbocycles. The highest BCUT2D eigenvalue weighted by Gasteiger charge is 1.98. The minimum absolute atomic E-state index is 0.839. The summed E-state index contributed by atoms with van der Waals surface area (Å²) in [6, 6.07) is 0. The molecule has 1 unspecified atom stereocenters. The van der Waals surface area contributed by atoms with E-state index < -0.39 is 0 Å². The van der Waals surface area contributed by atoms with Crippen molar-refractivity contribution >= 4 is 0 Å². The molecule has 0 rings (SSSR count). The van der Waals surface area contributed by atoms with E-state index in [4.69, 9.17) is 0 Å². The third-order valence-electron chi connectivity index (χ3n) is 5.29. The zero-order valence-electron chi connectivity index (χ0n) is 16.7. The van der Waals surface area contributed by atoms with Gasteiger partial charge in [-0.05, 0) is 5.92 Å². The smallest absolute Gasteiger partial charge is 0.0443 e. The fourth-order valence-corrected chi connectivity index (χ4v) is 3.36. The van der Waals surface area contributed by atoms with Gasteiger partial charge in [0.2, 0.25) is 0 Å². The van der Waals surface area contributed by atoms with Crippen molar-refractivity contribution in [1.29, 1.82) is 0 Å². The van der Waals surface area contributed by atoms with Crippen molar-refractivity contribution in [2.45, 2.75) is 136 Å². The molecule has 0 aliphatic heterocycles. The number of rotatable bonds is 19. The van der Waals surface area contributed by atoms with Crippen LogP contribution in [0, 0.1) is 12.8 Å². The molecule has 139 valence electrons. The average Bonchev–Trinajstić information content (AvgIpc) is 2.57. The van der Waals surface area contributed by atoms with Gasteiger partial charge in [0.1, 0.15) is 0 Å². The molecule has 1 radical (unpaired) electrons. The Balaban J connectivity index is 2.97. The van der Waals surface area contributed by atoms with E-state index in [0.29, 0.717) is 0 Å². The van der Waals surface area contributed by atoms with Crippen LogP contribution in [0.3, 0.4) is 0 Å². The van der Waals surface area contributed by atoms with Crippen molar-refractivity contribution < 1.29 is 0 Å². The highest BCUT2D eigenvalue weighted by molar-refractivity contribution is 4.55. The lowest BCUT2D eigenvalue weighted by Crippen LogP contribution is -1.91. The van der Waals surface area contributed by atoms with Gasteiger partial charge < -0.3 is 0 Å². The van der Waals surface area contributed by atoms with Crippen LogP contribution in [0.4, 0.5) is 0 Å². The van der Waals surface area contributed by atoms with E-state index in [1.54, 1.807) is 0 Å². The highest BCUT2D eigenvalue weighted by Crippen LogP contribution is 2.16. The van der Waals surface area contributed by atoms with E-state index in [2.05, 4.69) is 20.8 Å². The number of hydrogen-bond acceptors (Lipinski definition) is 0. The quantitative estimate of drug-likeness (QED) is 0.208. The summed E-state index contributed by atoms with van der Waals surface area (Å²) in [6.45, 7) is 8.61. The van der Waals surface area contributed by atoms with Crippen LogP contribution >= 0.6 is 0 Å². The Morgan fingerprint density at radius 3 is 1.13 bits per heavy atom. The Hall–Kier alpha value is 0. The average molecular weight is 324 g/mol. The lowest BCUT2D eigenvalue weighted by molar-refractivity contribution is 0.481. The largest absolute Gasteiger partial charge is 0.0654 e. The van der Waals surface area contributed by atoms with E-state index in [1.807, 2.05) is 0 Å². The Kier molecular flexibility index (Phi) is 20.0. The summed E-state index contributed by atoms with van der Waals surface area (Å²) in [4.78, 5) is 0. The fourth-order valence-electron chi connectivity index (χ4n) is 3.36. The minimum atomic E-state index is 0.839. The van der Waals surface area contributed by atoms with Crippen LogP contribution < -0.4 is 0 Å². The summed E-state index contributed by atoms with van der Waals surface area (Å²) in [5, 5.41) is 0. The molecular weight excluding hydrogens is 276 g/mol. The second-order valence-electron chi connectivity index (χ2n) is 7.84. The molecule has 0 aromatic heterocycles. The molecule has 0 nitrogen and oxygen atoms in total. The Labute approximate surface area is 149 Å². The van der Waals surface area contributed by atoms with Gasteiger partial charge in [0, 0.05) is 0 Å². The van der Waals surface area contributed by atoms with Gasteiger partial charge in [0.25, 0.3) is 0 Å². The third kappa shape index (κ3) is 20.0. The SMILES string of the molecule is [CH2]CC(C)CCCCCCCCCCCCCCCCCCC. The normalized spacial score (nSPS) is 12.7. The van der Waals surface area contributed by atoms with Gasteiger partial charge in [-0.3, -0.25) is 0 Å². The van der Waals surface area contributed by atoms with E-state index in [-0.39, 0.29) is 0 Å². The zero-order chi connectivity index (χ0) is 17.0. The van der Waals surface area contributed by atoms with E-state index >= 15 is 0 Å². The molecule has 0 heteroatoms. The first-order valence-electron chi connectivity index (χ1n) is 11.1. The third-order valence-corrected chi connectivity index (χ3v) is 5.29. The van der Waals surface area contributed by atoms with Crippen LogP contribution in [0.1, 0.15) is 136 Å². The Morgan fingerprint density at radius 2 is 0.826 bits per heavy atom. The van der Waals surface area contributed by atoms with Crippen molar-refractivity contribution in [3.63, 3.8) is 0 Å². The van der Waals surface area contributed by atoms with Gasteiger partial charge in [0.05, 0.1) is 0 Å². The summed E-state index contributed by atoms with van der Waals surface area (Å²) in [5.74, 6) is 0.839. The fraction of sp³-hybridized carbons (Fsp3) is 0.957. The first-order valence-corrected chi connectivity index (χ1v) is 11.1. The van der Waals surface area contributed by atoms with Gasteiger partial charge in [-0.2, -0.15) is 0 Å². The Bertz CT molecular complexity index is 196. The zero-order valence-corrected chi connectivity index (χ0v) is 16.7. The summed E-state index contributed by atoms with van der Waals surface area (Å²) in [6.07, 6.45) is 27.4. The molecule has 0 spiro atoms. The second kappa shape index (κ2) is 20.0. The van der Waals surface area contributed by atoms with Crippen LogP contribution in [-0.4, -0.2) is 0 Å². The van der Waals surface area contributed by atoms with E-state index in [0.717, 1.165) is 12.3 Å². The molecule has 0 fully saturated rings. The van der Waals surface area contributed by atoms with E-state index in [9.17, 15) is 0 Å². The molecule has 0 aromatic rings. The summed E-state index contributed by atoms with van der Waals surface area (Å²) in [5.41, 5.74) is 0.